The Hall–Kier alpha value is -1.32. The van der Waals surface area contributed by atoms with Gasteiger partial charge in [0.05, 0.1) is 0 Å². The van der Waals surface area contributed by atoms with E-state index in [4.69, 9.17) is 0 Å². The maximum atomic E-state index is 13.1. The van der Waals surface area contributed by atoms with E-state index in [2.05, 4.69) is 29.6 Å². The van der Waals surface area contributed by atoms with E-state index in [1.807, 2.05) is 24.8 Å². The van der Waals surface area contributed by atoms with Crippen LogP contribution in [-0.4, -0.2) is 12.3 Å². The second kappa shape index (κ2) is 5.98. The number of hydrogen-bond acceptors (Lipinski definition) is 2. The summed E-state index contributed by atoms with van der Waals surface area (Å²) in [7, 11) is 0. The number of hydrogen-bond donors (Lipinski definition) is 1. The molecule has 20 heavy (non-hydrogen) atoms. The lowest BCUT2D eigenvalue weighted by molar-refractivity contribution is 0.583. The van der Waals surface area contributed by atoms with Gasteiger partial charge in [-0.05, 0) is 54.8 Å². The molecule has 0 saturated carbocycles. The van der Waals surface area contributed by atoms with E-state index >= 15 is 0 Å². The lowest BCUT2D eigenvalue weighted by Gasteiger charge is -2.14. The summed E-state index contributed by atoms with van der Waals surface area (Å²) >= 11 is 1.92. The Kier molecular flexibility index (Phi) is 4.08. The number of halogens is 1. The Labute approximate surface area is 123 Å². The Bertz CT molecular complexity index is 612. The highest BCUT2D eigenvalue weighted by Gasteiger charge is 2.21. The summed E-state index contributed by atoms with van der Waals surface area (Å²) in [6, 6.07) is 14.1. The number of benzene rings is 2. The van der Waals surface area contributed by atoms with Crippen molar-refractivity contribution in [2.45, 2.75) is 24.3 Å². The van der Waals surface area contributed by atoms with Crippen molar-refractivity contribution in [3.63, 3.8) is 0 Å². The molecular weight excluding hydrogens is 269 g/mol. The molecule has 3 rings (SSSR count). The molecule has 0 aromatic heterocycles. The van der Waals surface area contributed by atoms with E-state index in [0.717, 1.165) is 24.3 Å². The van der Waals surface area contributed by atoms with Gasteiger partial charge in [-0.1, -0.05) is 24.3 Å². The van der Waals surface area contributed by atoms with Crippen LogP contribution in [0.3, 0.4) is 0 Å². The molecule has 1 heterocycles. The Morgan fingerprint density at radius 2 is 2.10 bits per heavy atom. The molecule has 0 saturated heterocycles. The van der Waals surface area contributed by atoms with Gasteiger partial charge in [0.2, 0.25) is 0 Å². The van der Waals surface area contributed by atoms with Crippen molar-refractivity contribution in [3.8, 4) is 0 Å². The van der Waals surface area contributed by atoms with Gasteiger partial charge in [0.15, 0.2) is 0 Å². The van der Waals surface area contributed by atoms with Crippen molar-refractivity contribution in [1.82, 2.24) is 5.32 Å². The number of thioether (sulfide) groups is 1. The molecule has 0 spiro atoms. The molecule has 104 valence electrons. The summed E-state index contributed by atoms with van der Waals surface area (Å²) < 4.78 is 13.1. The molecule has 0 radical (unpaired) electrons. The van der Waals surface area contributed by atoms with Crippen molar-refractivity contribution >= 4 is 11.8 Å². The maximum Gasteiger partial charge on any atom is 0.123 e. The van der Waals surface area contributed by atoms with E-state index in [9.17, 15) is 4.39 Å². The molecule has 1 N–H and O–H groups in total. The summed E-state index contributed by atoms with van der Waals surface area (Å²) in [5.74, 6) is 0.946. The zero-order valence-electron chi connectivity index (χ0n) is 11.5. The minimum atomic E-state index is -0.152. The third-order valence-corrected chi connectivity index (χ3v) is 4.97. The molecule has 1 atom stereocenters. The highest BCUT2D eigenvalue weighted by atomic mass is 32.2. The minimum absolute atomic E-state index is 0.152. The van der Waals surface area contributed by atoms with Crippen molar-refractivity contribution in [2.24, 2.45) is 0 Å². The first-order valence-corrected chi connectivity index (χ1v) is 7.93. The van der Waals surface area contributed by atoms with Gasteiger partial charge in [0.1, 0.15) is 5.82 Å². The smallest absolute Gasteiger partial charge is 0.123 e. The van der Waals surface area contributed by atoms with E-state index < -0.39 is 0 Å². The average Bonchev–Trinajstić information content (AvgIpc) is 2.85. The molecule has 0 aliphatic carbocycles. The van der Waals surface area contributed by atoms with E-state index in [1.165, 1.54) is 16.0 Å². The summed E-state index contributed by atoms with van der Waals surface area (Å²) in [5, 5.41) is 3.61. The predicted molar refractivity (Wildman–Crippen MR) is 82.8 cm³/mol. The van der Waals surface area contributed by atoms with Gasteiger partial charge in [-0.25, -0.2) is 4.39 Å². The molecule has 0 amide bonds. The molecule has 2 aromatic carbocycles. The number of fused-ring (bicyclic) bond motifs is 1. The van der Waals surface area contributed by atoms with Crippen LogP contribution >= 0.6 is 11.8 Å². The van der Waals surface area contributed by atoms with Gasteiger partial charge in [0.25, 0.3) is 0 Å². The topological polar surface area (TPSA) is 12.0 Å². The van der Waals surface area contributed by atoms with Crippen LogP contribution in [0.15, 0.2) is 47.4 Å². The average molecular weight is 287 g/mol. The summed E-state index contributed by atoms with van der Waals surface area (Å²) in [5.41, 5.74) is 3.67. The van der Waals surface area contributed by atoms with Gasteiger partial charge in [-0.3, -0.25) is 0 Å². The fourth-order valence-corrected chi connectivity index (χ4v) is 3.85. The second-order valence-electron chi connectivity index (χ2n) is 5.18. The summed E-state index contributed by atoms with van der Waals surface area (Å²) in [6.45, 7) is 2.89. The number of aryl methyl sites for hydroxylation is 1. The molecule has 2 aromatic rings. The zero-order valence-corrected chi connectivity index (χ0v) is 12.3. The third kappa shape index (κ3) is 2.89. The van der Waals surface area contributed by atoms with Gasteiger partial charge < -0.3 is 5.32 Å². The van der Waals surface area contributed by atoms with Crippen molar-refractivity contribution in [2.75, 3.05) is 12.3 Å². The highest BCUT2D eigenvalue weighted by Crippen LogP contribution is 2.37. The van der Waals surface area contributed by atoms with Crippen LogP contribution in [0.1, 0.15) is 22.7 Å². The number of nitrogens with one attached hydrogen (secondary N) is 1. The van der Waals surface area contributed by atoms with Crippen LogP contribution in [0.5, 0.6) is 0 Å². The second-order valence-corrected chi connectivity index (χ2v) is 6.24. The first kappa shape index (κ1) is 13.7. The molecule has 0 fully saturated rings. The molecule has 3 heteroatoms. The standard InChI is InChI=1S/C17H18FNS/c1-12-10-14(18)7-6-13(12)8-9-19-16-11-20-17-5-3-2-4-15(16)17/h2-7,10,16,19H,8-9,11H2,1H3. The fourth-order valence-electron chi connectivity index (χ4n) is 2.65. The summed E-state index contributed by atoms with van der Waals surface area (Å²) in [4.78, 5) is 1.39. The van der Waals surface area contributed by atoms with Crippen molar-refractivity contribution in [3.05, 3.63) is 65.0 Å². The molecular formula is C17H18FNS. The van der Waals surface area contributed by atoms with Gasteiger partial charge in [-0.2, -0.15) is 0 Å². The molecule has 1 aliphatic heterocycles. The lowest BCUT2D eigenvalue weighted by atomic mass is 10.0. The number of rotatable bonds is 4. The highest BCUT2D eigenvalue weighted by molar-refractivity contribution is 7.99. The van der Waals surface area contributed by atoms with Crippen LogP contribution in [0, 0.1) is 12.7 Å². The van der Waals surface area contributed by atoms with E-state index in [0.29, 0.717) is 6.04 Å². The normalized spacial score (nSPS) is 17.2. The molecule has 1 aliphatic rings. The Morgan fingerprint density at radius 1 is 1.25 bits per heavy atom. The Balaban J connectivity index is 1.59. The fraction of sp³-hybridized carbons (Fsp3) is 0.294. The van der Waals surface area contributed by atoms with Gasteiger partial charge in [-0.15, -0.1) is 11.8 Å². The van der Waals surface area contributed by atoms with Crippen LogP contribution in [0.25, 0.3) is 0 Å². The summed E-state index contributed by atoms with van der Waals surface area (Å²) in [6.07, 6.45) is 0.940. The van der Waals surface area contributed by atoms with E-state index in [1.54, 1.807) is 12.1 Å². The van der Waals surface area contributed by atoms with Crippen LogP contribution in [-0.2, 0) is 6.42 Å². The van der Waals surface area contributed by atoms with Crippen LogP contribution in [0.2, 0.25) is 0 Å². The zero-order chi connectivity index (χ0) is 13.9. The predicted octanol–water partition coefficient (Wildman–Crippen LogP) is 4.11. The monoisotopic (exact) mass is 287 g/mol. The van der Waals surface area contributed by atoms with E-state index in [-0.39, 0.29) is 5.82 Å². The van der Waals surface area contributed by atoms with Gasteiger partial charge in [0, 0.05) is 16.7 Å². The third-order valence-electron chi connectivity index (χ3n) is 3.79. The quantitative estimate of drug-likeness (QED) is 0.908. The molecule has 0 bridgehead atoms. The lowest BCUT2D eigenvalue weighted by Crippen LogP contribution is -2.23. The SMILES string of the molecule is Cc1cc(F)ccc1CCNC1CSc2ccccc21. The first-order valence-electron chi connectivity index (χ1n) is 6.94. The molecule has 1 unspecified atom stereocenters. The van der Waals surface area contributed by atoms with Crippen molar-refractivity contribution < 1.29 is 4.39 Å². The van der Waals surface area contributed by atoms with Crippen LogP contribution < -0.4 is 5.32 Å². The largest absolute Gasteiger partial charge is 0.309 e. The maximum absolute atomic E-state index is 13.1. The first-order chi connectivity index (χ1) is 9.74. The Morgan fingerprint density at radius 3 is 2.95 bits per heavy atom. The van der Waals surface area contributed by atoms with Crippen LogP contribution in [0.4, 0.5) is 4.39 Å². The minimum Gasteiger partial charge on any atom is -0.309 e. The molecule has 1 nitrogen and oxygen atoms in total. The van der Waals surface area contributed by atoms with Gasteiger partial charge >= 0.3 is 0 Å². The van der Waals surface area contributed by atoms with Crippen molar-refractivity contribution in [1.29, 1.82) is 0 Å².